The van der Waals surface area contributed by atoms with E-state index in [1.54, 1.807) is 19.3 Å². The lowest BCUT2D eigenvalue weighted by Gasteiger charge is -2.19. The highest BCUT2D eigenvalue weighted by atomic mass is 79.9. The van der Waals surface area contributed by atoms with E-state index in [-0.39, 0.29) is 5.56 Å². The molecule has 2 aromatic carbocycles. The molecule has 0 radical (unpaired) electrons. The van der Waals surface area contributed by atoms with Gasteiger partial charge in [-0.05, 0) is 25.1 Å². The van der Waals surface area contributed by atoms with E-state index in [1.807, 2.05) is 22.6 Å². The molecule has 0 aliphatic heterocycles. The van der Waals surface area contributed by atoms with Gasteiger partial charge in [0.25, 0.3) is 6.43 Å². The summed E-state index contributed by atoms with van der Waals surface area (Å²) >= 11 is 3.45. The van der Waals surface area contributed by atoms with Gasteiger partial charge in [-0.25, -0.2) is 18.2 Å². The molecule has 1 unspecified atom stereocenters. The predicted molar refractivity (Wildman–Crippen MR) is 102 cm³/mol. The Morgan fingerprint density at radius 1 is 1.15 bits per heavy atom. The third kappa shape index (κ3) is 3.14. The smallest absolute Gasteiger partial charge is 0.266 e. The van der Waals surface area contributed by atoms with Crippen LogP contribution in [0.3, 0.4) is 0 Å². The molecule has 0 spiro atoms. The second kappa shape index (κ2) is 6.84. The molecule has 1 N–H and O–H groups in total. The van der Waals surface area contributed by atoms with Gasteiger partial charge < -0.3 is 5.32 Å². The summed E-state index contributed by atoms with van der Waals surface area (Å²) < 4.78 is 43.2. The maximum atomic E-state index is 14.5. The van der Waals surface area contributed by atoms with Crippen LogP contribution in [0.25, 0.3) is 16.7 Å². The molecule has 0 aliphatic carbocycles. The summed E-state index contributed by atoms with van der Waals surface area (Å²) in [7, 11) is 0. The van der Waals surface area contributed by atoms with E-state index in [9.17, 15) is 13.2 Å². The SMILES string of the molecule is CC(Nc1nc2nccn2c2ccc(Br)cc12)c1cccc(C(F)F)c1F. The van der Waals surface area contributed by atoms with Gasteiger partial charge in [0.05, 0.1) is 17.1 Å². The molecule has 1 atom stereocenters. The van der Waals surface area contributed by atoms with Gasteiger partial charge >= 0.3 is 0 Å². The van der Waals surface area contributed by atoms with E-state index >= 15 is 0 Å². The molecule has 0 amide bonds. The van der Waals surface area contributed by atoms with Crippen LogP contribution in [-0.2, 0) is 0 Å². The van der Waals surface area contributed by atoms with Crippen LogP contribution in [0.5, 0.6) is 0 Å². The average Bonchev–Trinajstić information content (AvgIpc) is 3.10. The summed E-state index contributed by atoms with van der Waals surface area (Å²) in [6.45, 7) is 1.70. The number of halogens is 4. The van der Waals surface area contributed by atoms with E-state index in [0.717, 1.165) is 21.4 Å². The molecular weight excluding hydrogens is 421 g/mol. The molecule has 138 valence electrons. The van der Waals surface area contributed by atoms with Crippen molar-refractivity contribution in [3.05, 3.63) is 70.2 Å². The molecule has 0 bridgehead atoms. The van der Waals surface area contributed by atoms with Crippen molar-refractivity contribution in [2.24, 2.45) is 0 Å². The molecule has 0 saturated carbocycles. The van der Waals surface area contributed by atoms with Crippen molar-refractivity contribution < 1.29 is 13.2 Å². The lowest BCUT2D eigenvalue weighted by Crippen LogP contribution is -2.12. The highest BCUT2D eigenvalue weighted by Crippen LogP contribution is 2.31. The molecule has 0 aliphatic rings. The summed E-state index contributed by atoms with van der Waals surface area (Å²) in [6.07, 6.45) is 0.578. The first-order chi connectivity index (χ1) is 13.0. The Morgan fingerprint density at radius 2 is 1.93 bits per heavy atom. The van der Waals surface area contributed by atoms with Gasteiger partial charge in [0.2, 0.25) is 5.78 Å². The first-order valence-electron chi connectivity index (χ1n) is 8.21. The Bertz CT molecular complexity index is 1140. The molecule has 4 rings (SSSR count). The molecule has 2 heterocycles. The summed E-state index contributed by atoms with van der Waals surface area (Å²) in [5.41, 5.74) is 0.420. The Balaban J connectivity index is 1.81. The largest absolute Gasteiger partial charge is 0.363 e. The monoisotopic (exact) mass is 434 g/mol. The summed E-state index contributed by atoms with van der Waals surface area (Å²) in [5, 5.41) is 3.95. The number of rotatable bonds is 4. The molecule has 2 aromatic heterocycles. The zero-order valence-electron chi connectivity index (χ0n) is 14.1. The molecular formula is C19H14BrF3N4. The second-order valence-corrected chi connectivity index (χ2v) is 7.05. The molecule has 8 heteroatoms. The van der Waals surface area contributed by atoms with Gasteiger partial charge in [-0.2, -0.15) is 4.98 Å². The van der Waals surface area contributed by atoms with E-state index in [4.69, 9.17) is 0 Å². The normalized spacial score (nSPS) is 12.8. The number of nitrogens with one attached hydrogen (secondary N) is 1. The first kappa shape index (κ1) is 17.8. The zero-order valence-corrected chi connectivity index (χ0v) is 15.7. The Morgan fingerprint density at radius 3 is 2.70 bits per heavy atom. The fourth-order valence-electron chi connectivity index (χ4n) is 3.10. The van der Waals surface area contributed by atoms with Crippen molar-refractivity contribution >= 4 is 38.4 Å². The summed E-state index contributed by atoms with van der Waals surface area (Å²) in [5.74, 6) is 0.0838. The number of hydrogen-bond acceptors (Lipinski definition) is 3. The van der Waals surface area contributed by atoms with Gasteiger partial charge in [0.1, 0.15) is 11.6 Å². The van der Waals surface area contributed by atoms with E-state index in [1.165, 1.54) is 12.1 Å². The Hall–Kier alpha value is -2.61. The van der Waals surface area contributed by atoms with Crippen LogP contribution in [0.2, 0.25) is 0 Å². The second-order valence-electron chi connectivity index (χ2n) is 6.14. The fourth-order valence-corrected chi connectivity index (χ4v) is 3.46. The molecule has 4 nitrogen and oxygen atoms in total. The van der Waals surface area contributed by atoms with Gasteiger partial charge in [-0.1, -0.05) is 34.1 Å². The molecule has 27 heavy (non-hydrogen) atoms. The highest BCUT2D eigenvalue weighted by molar-refractivity contribution is 9.10. The van der Waals surface area contributed by atoms with E-state index in [2.05, 4.69) is 31.2 Å². The number of hydrogen-bond donors (Lipinski definition) is 1. The topological polar surface area (TPSA) is 42.2 Å². The van der Waals surface area contributed by atoms with Crippen molar-refractivity contribution in [2.45, 2.75) is 19.4 Å². The number of imidazole rings is 1. The molecule has 4 aromatic rings. The van der Waals surface area contributed by atoms with Crippen molar-refractivity contribution in [3.8, 4) is 0 Å². The van der Waals surface area contributed by atoms with Crippen LogP contribution in [0.15, 0.2) is 53.3 Å². The number of alkyl halides is 2. The van der Waals surface area contributed by atoms with Gasteiger partial charge in [0.15, 0.2) is 0 Å². The third-order valence-corrected chi connectivity index (χ3v) is 4.91. The van der Waals surface area contributed by atoms with Crippen molar-refractivity contribution in [3.63, 3.8) is 0 Å². The van der Waals surface area contributed by atoms with Crippen LogP contribution in [0, 0.1) is 5.82 Å². The minimum absolute atomic E-state index is 0.154. The van der Waals surface area contributed by atoms with Crippen LogP contribution in [0.4, 0.5) is 19.0 Å². The van der Waals surface area contributed by atoms with Crippen molar-refractivity contribution in [1.82, 2.24) is 14.4 Å². The third-order valence-electron chi connectivity index (χ3n) is 4.42. The number of nitrogens with zero attached hydrogens (tertiary/aromatic N) is 3. The van der Waals surface area contributed by atoms with E-state index < -0.39 is 23.8 Å². The Kier molecular flexibility index (Phi) is 4.51. The maximum Gasteiger partial charge on any atom is 0.266 e. The average molecular weight is 435 g/mol. The standard InChI is InChI=1S/C19H14BrF3N4/c1-10(12-3-2-4-13(16(12)21)17(22)23)25-18-14-9-11(20)5-6-15(14)27-8-7-24-19(27)26-18/h2-10,17H,1H3,(H,24,25,26). The minimum Gasteiger partial charge on any atom is -0.363 e. The number of benzene rings is 2. The summed E-state index contributed by atoms with van der Waals surface area (Å²) in [6, 6.07) is 9.16. The van der Waals surface area contributed by atoms with Gasteiger partial charge in [-0.3, -0.25) is 4.40 Å². The van der Waals surface area contributed by atoms with E-state index in [0.29, 0.717) is 11.6 Å². The molecule has 0 saturated heterocycles. The maximum absolute atomic E-state index is 14.5. The predicted octanol–water partition coefficient (Wildman–Crippen LogP) is 5.89. The van der Waals surface area contributed by atoms with Crippen LogP contribution < -0.4 is 5.32 Å². The fraction of sp³-hybridized carbons (Fsp3) is 0.158. The number of anilines is 1. The van der Waals surface area contributed by atoms with Gasteiger partial charge in [-0.15, -0.1) is 0 Å². The first-order valence-corrected chi connectivity index (χ1v) is 9.00. The summed E-state index contributed by atoms with van der Waals surface area (Å²) in [4.78, 5) is 8.72. The highest BCUT2D eigenvalue weighted by Gasteiger charge is 2.20. The Labute approximate surface area is 161 Å². The number of aromatic nitrogens is 3. The minimum atomic E-state index is -2.87. The zero-order chi connectivity index (χ0) is 19.1. The van der Waals surface area contributed by atoms with Crippen molar-refractivity contribution in [2.75, 3.05) is 5.32 Å². The van der Waals surface area contributed by atoms with Crippen LogP contribution >= 0.6 is 15.9 Å². The molecule has 0 fully saturated rings. The quantitative estimate of drug-likeness (QED) is 0.435. The van der Waals surface area contributed by atoms with Crippen LogP contribution in [-0.4, -0.2) is 14.4 Å². The number of fused-ring (bicyclic) bond motifs is 3. The van der Waals surface area contributed by atoms with Crippen molar-refractivity contribution in [1.29, 1.82) is 0 Å². The lowest BCUT2D eigenvalue weighted by molar-refractivity contribution is 0.146. The van der Waals surface area contributed by atoms with Gasteiger partial charge in [0, 0.05) is 27.8 Å². The lowest BCUT2D eigenvalue weighted by atomic mass is 10.0. The van der Waals surface area contributed by atoms with Crippen LogP contribution in [0.1, 0.15) is 30.5 Å².